The number of ether oxygens (including phenoxy) is 1. The van der Waals surface area contributed by atoms with Crippen LogP contribution in [0.15, 0.2) is 12.7 Å². The molecule has 0 amide bonds. The van der Waals surface area contributed by atoms with Gasteiger partial charge < -0.3 is 4.74 Å². The van der Waals surface area contributed by atoms with Gasteiger partial charge in [-0.1, -0.05) is 19.9 Å². The molecule has 0 saturated heterocycles. The second kappa shape index (κ2) is 5.18. The lowest BCUT2D eigenvalue weighted by Gasteiger charge is -2.28. The Bertz CT molecular complexity index is 202. The second-order valence-corrected chi connectivity index (χ2v) is 4.12. The molecule has 1 saturated carbocycles. The number of hydrogen-bond acceptors (Lipinski definition) is 2. The molecule has 0 heterocycles. The van der Waals surface area contributed by atoms with E-state index in [2.05, 4.69) is 13.5 Å². The third-order valence-electron chi connectivity index (χ3n) is 2.98. The second-order valence-electron chi connectivity index (χ2n) is 4.12. The van der Waals surface area contributed by atoms with E-state index in [-0.39, 0.29) is 11.6 Å². The molecule has 0 aliphatic heterocycles. The van der Waals surface area contributed by atoms with Crippen molar-refractivity contribution in [1.82, 2.24) is 0 Å². The van der Waals surface area contributed by atoms with E-state index in [0.29, 0.717) is 0 Å². The van der Waals surface area contributed by atoms with Gasteiger partial charge in [0, 0.05) is 6.08 Å². The fourth-order valence-corrected chi connectivity index (χ4v) is 2.18. The van der Waals surface area contributed by atoms with Gasteiger partial charge in [0.25, 0.3) is 0 Å². The summed E-state index contributed by atoms with van der Waals surface area (Å²) in [6, 6.07) is 0. The molecule has 0 spiro atoms. The number of carbonyl (C=O) groups is 1. The predicted octanol–water partition coefficient (Wildman–Crippen LogP) is 3.22. The van der Waals surface area contributed by atoms with E-state index in [1.54, 1.807) is 0 Å². The van der Waals surface area contributed by atoms with Gasteiger partial charge in [0.05, 0.1) is 0 Å². The van der Waals surface area contributed by atoms with Crippen molar-refractivity contribution in [3.8, 4) is 0 Å². The van der Waals surface area contributed by atoms with Gasteiger partial charge in [0.1, 0.15) is 5.60 Å². The van der Waals surface area contributed by atoms with Gasteiger partial charge in [0.2, 0.25) is 0 Å². The van der Waals surface area contributed by atoms with Crippen molar-refractivity contribution in [1.29, 1.82) is 0 Å². The lowest BCUT2D eigenvalue weighted by atomic mass is 9.95. The Hall–Kier alpha value is -0.790. The molecule has 80 valence electrons. The summed E-state index contributed by atoms with van der Waals surface area (Å²) in [5.74, 6) is -0.261. The van der Waals surface area contributed by atoms with E-state index in [4.69, 9.17) is 4.74 Å². The lowest BCUT2D eigenvalue weighted by Crippen LogP contribution is -2.31. The Morgan fingerprint density at radius 3 is 2.64 bits per heavy atom. The summed E-state index contributed by atoms with van der Waals surface area (Å²) in [6.07, 6.45) is 9.04. The highest BCUT2D eigenvalue weighted by atomic mass is 16.6. The fraction of sp³-hybridized carbons (Fsp3) is 0.750. The smallest absolute Gasteiger partial charge is 0.330 e. The van der Waals surface area contributed by atoms with Crippen molar-refractivity contribution < 1.29 is 9.53 Å². The molecule has 1 aliphatic carbocycles. The van der Waals surface area contributed by atoms with Crippen LogP contribution in [0.1, 0.15) is 51.9 Å². The molecule has 2 heteroatoms. The zero-order chi connectivity index (χ0) is 10.4. The molecule has 0 bridgehead atoms. The Morgan fingerprint density at radius 1 is 1.50 bits per heavy atom. The number of esters is 1. The van der Waals surface area contributed by atoms with Gasteiger partial charge in [0.15, 0.2) is 0 Å². The standard InChI is InChI=1S/C12H20O2/c1-3-5-8-12(9-6-7-10-12)14-11(13)4-2/h4H,2-3,5-10H2,1H3. The highest BCUT2D eigenvalue weighted by Gasteiger charge is 2.36. The van der Waals surface area contributed by atoms with E-state index in [1.165, 1.54) is 18.9 Å². The molecule has 1 rings (SSSR count). The monoisotopic (exact) mass is 196 g/mol. The maximum atomic E-state index is 11.2. The van der Waals surface area contributed by atoms with Crippen LogP contribution < -0.4 is 0 Å². The van der Waals surface area contributed by atoms with Crippen molar-refractivity contribution in [2.75, 3.05) is 0 Å². The summed E-state index contributed by atoms with van der Waals surface area (Å²) in [4.78, 5) is 11.2. The normalized spacial score (nSPS) is 19.2. The molecule has 0 aromatic rings. The molecule has 0 aromatic heterocycles. The van der Waals surface area contributed by atoms with E-state index < -0.39 is 0 Å². The first-order valence-corrected chi connectivity index (χ1v) is 5.58. The first kappa shape index (κ1) is 11.3. The number of carbonyl (C=O) groups excluding carboxylic acids is 1. The van der Waals surface area contributed by atoms with Crippen LogP contribution in [-0.2, 0) is 9.53 Å². The molecule has 0 atom stereocenters. The Morgan fingerprint density at radius 2 is 2.14 bits per heavy atom. The Labute approximate surface area is 86.3 Å². The quantitative estimate of drug-likeness (QED) is 0.498. The van der Waals surface area contributed by atoms with Gasteiger partial charge in [-0.05, 0) is 38.5 Å². The summed E-state index contributed by atoms with van der Waals surface area (Å²) in [5, 5.41) is 0. The minimum absolute atomic E-state index is 0.152. The first-order chi connectivity index (χ1) is 6.72. The fourth-order valence-electron chi connectivity index (χ4n) is 2.18. The summed E-state index contributed by atoms with van der Waals surface area (Å²) in [5.41, 5.74) is -0.152. The minimum atomic E-state index is -0.261. The van der Waals surface area contributed by atoms with Crippen LogP contribution in [0.3, 0.4) is 0 Å². The Kier molecular flexibility index (Phi) is 4.18. The molecule has 0 radical (unpaired) electrons. The van der Waals surface area contributed by atoms with Crippen LogP contribution in [0.2, 0.25) is 0 Å². The minimum Gasteiger partial charge on any atom is -0.456 e. The van der Waals surface area contributed by atoms with E-state index in [1.807, 2.05) is 0 Å². The van der Waals surface area contributed by atoms with E-state index in [0.717, 1.165) is 32.1 Å². The van der Waals surface area contributed by atoms with Crippen molar-refractivity contribution in [2.45, 2.75) is 57.5 Å². The number of unbranched alkanes of at least 4 members (excludes halogenated alkanes) is 1. The highest BCUT2D eigenvalue weighted by Crippen LogP contribution is 2.37. The summed E-state index contributed by atoms with van der Waals surface area (Å²) in [7, 11) is 0. The van der Waals surface area contributed by atoms with E-state index >= 15 is 0 Å². The molecule has 2 nitrogen and oxygen atoms in total. The summed E-state index contributed by atoms with van der Waals surface area (Å²) in [6.45, 7) is 5.60. The molecule has 14 heavy (non-hydrogen) atoms. The van der Waals surface area contributed by atoms with Crippen LogP contribution in [0.4, 0.5) is 0 Å². The predicted molar refractivity (Wildman–Crippen MR) is 57.0 cm³/mol. The van der Waals surface area contributed by atoms with Crippen molar-refractivity contribution >= 4 is 5.97 Å². The number of hydrogen-bond donors (Lipinski definition) is 0. The van der Waals surface area contributed by atoms with Crippen LogP contribution in [0.5, 0.6) is 0 Å². The van der Waals surface area contributed by atoms with Crippen LogP contribution in [0, 0.1) is 0 Å². The molecule has 1 fully saturated rings. The van der Waals surface area contributed by atoms with Crippen LogP contribution in [-0.4, -0.2) is 11.6 Å². The Balaban J connectivity index is 2.52. The SMILES string of the molecule is C=CC(=O)OC1(CCCC)CCCC1. The molecule has 1 aliphatic rings. The average molecular weight is 196 g/mol. The van der Waals surface area contributed by atoms with Crippen molar-refractivity contribution in [3.05, 3.63) is 12.7 Å². The largest absolute Gasteiger partial charge is 0.456 e. The topological polar surface area (TPSA) is 26.3 Å². The third-order valence-corrected chi connectivity index (χ3v) is 2.98. The zero-order valence-corrected chi connectivity index (χ0v) is 9.05. The molecular weight excluding hydrogens is 176 g/mol. The third kappa shape index (κ3) is 2.86. The highest BCUT2D eigenvalue weighted by molar-refractivity contribution is 5.81. The van der Waals surface area contributed by atoms with Gasteiger partial charge in [-0.15, -0.1) is 0 Å². The number of rotatable bonds is 5. The summed E-state index contributed by atoms with van der Waals surface area (Å²) < 4.78 is 5.49. The van der Waals surface area contributed by atoms with Crippen LogP contribution >= 0.6 is 0 Å². The zero-order valence-electron chi connectivity index (χ0n) is 9.05. The molecule has 0 N–H and O–H groups in total. The molecule has 0 unspecified atom stereocenters. The summed E-state index contributed by atoms with van der Waals surface area (Å²) >= 11 is 0. The van der Waals surface area contributed by atoms with Gasteiger partial charge in [-0.25, -0.2) is 4.79 Å². The molecular formula is C12H20O2. The van der Waals surface area contributed by atoms with Gasteiger partial charge >= 0.3 is 5.97 Å². The van der Waals surface area contributed by atoms with Crippen molar-refractivity contribution in [3.63, 3.8) is 0 Å². The van der Waals surface area contributed by atoms with E-state index in [9.17, 15) is 4.79 Å². The molecule has 0 aromatic carbocycles. The van der Waals surface area contributed by atoms with Crippen molar-refractivity contribution in [2.24, 2.45) is 0 Å². The maximum Gasteiger partial charge on any atom is 0.330 e. The maximum absolute atomic E-state index is 11.2. The van der Waals surface area contributed by atoms with Gasteiger partial charge in [-0.2, -0.15) is 0 Å². The first-order valence-electron chi connectivity index (χ1n) is 5.58. The van der Waals surface area contributed by atoms with Crippen LogP contribution in [0.25, 0.3) is 0 Å². The average Bonchev–Trinajstić information content (AvgIpc) is 2.64. The lowest BCUT2D eigenvalue weighted by molar-refractivity contribution is -0.153. The van der Waals surface area contributed by atoms with Gasteiger partial charge in [-0.3, -0.25) is 0 Å².